The van der Waals surface area contributed by atoms with Gasteiger partial charge in [0.05, 0.1) is 6.10 Å². The third kappa shape index (κ3) is 4.58. The highest BCUT2D eigenvalue weighted by Crippen LogP contribution is 2.18. The van der Waals surface area contributed by atoms with Gasteiger partial charge in [-0.25, -0.2) is 0 Å². The van der Waals surface area contributed by atoms with E-state index in [9.17, 15) is 0 Å². The Morgan fingerprint density at radius 1 is 1.30 bits per heavy atom. The second-order valence-electron chi connectivity index (χ2n) is 6.01. The van der Waals surface area contributed by atoms with Crippen molar-refractivity contribution >= 4 is 0 Å². The van der Waals surface area contributed by atoms with Gasteiger partial charge in [-0.2, -0.15) is 0 Å². The maximum atomic E-state index is 5.45. The number of benzene rings is 1. The SMILES string of the molecule is COC1CCN(Cc2ccccc2CCNC(C)C)C1. The topological polar surface area (TPSA) is 24.5 Å². The van der Waals surface area contributed by atoms with Crippen LogP contribution in [-0.2, 0) is 17.7 Å². The molecule has 1 aromatic rings. The normalized spacial score (nSPS) is 19.9. The number of rotatable bonds is 7. The van der Waals surface area contributed by atoms with E-state index in [1.807, 2.05) is 7.11 Å². The summed E-state index contributed by atoms with van der Waals surface area (Å²) in [5.74, 6) is 0. The van der Waals surface area contributed by atoms with Crippen LogP contribution in [0.15, 0.2) is 24.3 Å². The summed E-state index contributed by atoms with van der Waals surface area (Å²) in [6.07, 6.45) is 2.69. The van der Waals surface area contributed by atoms with E-state index in [2.05, 4.69) is 48.3 Å². The number of hydrogen-bond acceptors (Lipinski definition) is 3. The molecule has 1 heterocycles. The van der Waals surface area contributed by atoms with Crippen molar-refractivity contribution in [2.45, 2.75) is 45.4 Å². The van der Waals surface area contributed by atoms with Crippen LogP contribution in [0, 0.1) is 0 Å². The van der Waals surface area contributed by atoms with Crippen molar-refractivity contribution in [2.75, 3.05) is 26.7 Å². The molecule has 1 aliphatic heterocycles. The molecule has 0 saturated carbocycles. The Morgan fingerprint density at radius 2 is 2.05 bits per heavy atom. The molecule has 1 fully saturated rings. The van der Waals surface area contributed by atoms with Gasteiger partial charge in [-0.1, -0.05) is 38.1 Å². The fraction of sp³-hybridized carbons (Fsp3) is 0.647. The van der Waals surface area contributed by atoms with Crippen molar-refractivity contribution < 1.29 is 4.74 Å². The zero-order chi connectivity index (χ0) is 14.4. The van der Waals surface area contributed by atoms with Crippen LogP contribution in [0.4, 0.5) is 0 Å². The van der Waals surface area contributed by atoms with Crippen molar-refractivity contribution in [3.05, 3.63) is 35.4 Å². The van der Waals surface area contributed by atoms with Gasteiger partial charge in [0, 0.05) is 32.8 Å². The van der Waals surface area contributed by atoms with Crippen LogP contribution in [0.25, 0.3) is 0 Å². The van der Waals surface area contributed by atoms with Gasteiger partial charge in [0.25, 0.3) is 0 Å². The monoisotopic (exact) mass is 276 g/mol. The van der Waals surface area contributed by atoms with Gasteiger partial charge in [-0.15, -0.1) is 0 Å². The van der Waals surface area contributed by atoms with Gasteiger partial charge < -0.3 is 10.1 Å². The molecule has 1 atom stereocenters. The molecule has 112 valence electrons. The van der Waals surface area contributed by atoms with Crippen LogP contribution in [0.5, 0.6) is 0 Å². The number of hydrogen-bond donors (Lipinski definition) is 1. The Hall–Kier alpha value is -0.900. The van der Waals surface area contributed by atoms with Gasteiger partial charge >= 0.3 is 0 Å². The Bertz CT molecular complexity index is 406. The molecule has 3 heteroatoms. The van der Waals surface area contributed by atoms with Crippen molar-refractivity contribution in [1.29, 1.82) is 0 Å². The lowest BCUT2D eigenvalue weighted by molar-refractivity contribution is 0.107. The van der Waals surface area contributed by atoms with E-state index in [0.29, 0.717) is 12.1 Å². The molecule has 0 spiro atoms. The first-order valence-corrected chi connectivity index (χ1v) is 7.74. The van der Waals surface area contributed by atoms with Crippen molar-refractivity contribution in [1.82, 2.24) is 10.2 Å². The van der Waals surface area contributed by atoms with Gasteiger partial charge in [-0.05, 0) is 30.5 Å². The summed E-state index contributed by atoms with van der Waals surface area (Å²) in [6.45, 7) is 8.71. The zero-order valence-corrected chi connectivity index (χ0v) is 13.1. The highest BCUT2D eigenvalue weighted by Gasteiger charge is 2.22. The van der Waals surface area contributed by atoms with Crippen LogP contribution >= 0.6 is 0 Å². The van der Waals surface area contributed by atoms with Crippen molar-refractivity contribution in [2.24, 2.45) is 0 Å². The molecule has 0 radical (unpaired) electrons. The molecule has 1 saturated heterocycles. The van der Waals surface area contributed by atoms with Gasteiger partial charge in [0.2, 0.25) is 0 Å². The highest BCUT2D eigenvalue weighted by molar-refractivity contribution is 5.27. The molecule has 2 rings (SSSR count). The molecule has 1 N–H and O–H groups in total. The lowest BCUT2D eigenvalue weighted by Gasteiger charge is -2.18. The van der Waals surface area contributed by atoms with E-state index < -0.39 is 0 Å². The van der Waals surface area contributed by atoms with Gasteiger partial charge in [-0.3, -0.25) is 4.90 Å². The van der Waals surface area contributed by atoms with Crippen LogP contribution in [-0.4, -0.2) is 43.8 Å². The summed E-state index contributed by atoms with van der Waals surface area (Å²) in [6, 6.07) is 9.39. The van der Waals surface area contributed by atoms with E-state index in [-0.39, 0.29) is 0 Å². The third-order valence-electron chi connectivity index (χ3n) is 4.02. The summed E-state index contributed by atoms with van der Waals surface area (Å²) in [4.78, 5) is 2.50. The number of likely N-dealkylation sites (tertiary alicyclic amines) is 1. The average Bonchev–Trinajstić information content (AvgIpc) is 2.88. The summed E-state index contributed by atoms with van der Waals surface area (Å²) < 4.78 is 5.45. The first-order chi connectivity index (χ1) is 9.69. The quantitative estimate of drug-likeness (QED) is 0.828. The van der Waals surface area contributed by atoms with Crippen LogP contribution in [0.2, 0.25) is 0 Å². The number of ether oxygens (including phenoxy) is 1. The van der Waals surface area contributed by atoms with E-state index in [1.54, 1.807) is 0 Å². The zero-order valence-electron chi connectivity index (χ0n) is 13.1. The van der Waals surface area contributed by atoms with Crippen molar-refractivity contribution in [3.63, 3.8) is 0 Å². The summed E-state index contributed by atoms with van der Waals surface area (Å²) in [7, 11) is 1.82. The van der Waals surface area contributed by atoms with Gasteiger partial charge in [0.15, 0.2) is 0 Å². The maximum Gasteiger partial charge on any atom is 0.0710 e. The number of nitrogens with one attached hydrogen (secondary N) is 1. The van der Waals surface area contributed by atoms with Crippen LogP contribution in [0.3, 0.4) is 0 Å². The Labute approximate surface area is 123 Å². The molecule has 3 nitrogen and oxygen atoms in total. The lowest BCUT2D eigenvalue weighted by atomic mass is 10.0. The Morgan fingerprint density at radius 3 is 2.70 bits per heavy atom. The van der Waals surface area contributed by atoms with E-state index in [0.717, 1.165) is 39.0 Å². The minimum Gasteiger partial charge on any atom is -0.380 e. The summed E-state index contributed by atoms with van der Waals surface area (Å²) >= 11 is 0. The summed E-state index contributed by atoms with van der Waals surface area (Å²) in [5, 5.41) is 3.50. The van der Waals surface area contributed by atoms with Gasteiger partial charge in [0.1, 0.15) is 0 Å². The Balaban J connectivity index is 1.90. The minimum absolute atomic E-state index is 0.421. The predicted octanol–water partition coefficient (Wildman–Crippen LogP) is 2.45. The number of methoxy groups -OCH3 is 1. The van der Waals surface area contributed by atoms with Crippen LogP contribution in [0.1, 0.15) is 31.4 Å². The second-order valence-corrected chi connectivity index (χ2v) is 6.01. The largest absolute Gasteiger partial charge is 0.380 e. The fourth-order valence-electron chi connectivity index (χ4n) is 2.83. The molecular weight excluding hydrogens is 248 g/mol. The molecule has 0 aromatic heterocycles. The predicted molar refractivity (Wildman–Crippen MR) is 84.0 cm³/mol. The lowest BCUT2D eigenvalue weighted by Crippen LogP contribution is -2.26. The van der Waals surface area contributed by atoms with Crippen molar-refractivity contribution in [3.8, 4) is 0 Å². The average molecular weight is 276 g/mol. The molecule has 1 aromatic carbocycles. The van der Waals surface area contributed by atoms with Crippen LogP contribution < -0.4 is 5.32 Å². The first kappa shape index (κ1) is 15.5. The molecule has 1 aliphatic rings. The summed E-state index contributed by atoms with van der Waals surface area (Å²) in [5.41, 5.74) is 2.94. The van der Waals surface area contributed by atoms with E-state index in [4.69, 9.17) is 4.74 Å². The molecule has 0 aliphatic carbocycles. The standard InChI is InChI=1S/C17H28N2O/c1-14(2)18-10-8-15-6-4-5-7-16(15)12-19-11-9-17(13-19)20-3/h4-7,14,17-18H,8-13H2,1-3H3. The molecule has 1 unspecified atom stereocenters. The molecule has 20 heavy (non-hydrogen) atoms. The second kappa shape index (κ2) is 7.77. The minimum atomic E-state index is 0.421. The third-order valence-corrected chi connectivity index (χ3v) is 4.02. The fourth-order valence-corrected chi connectivity index (χ4v) is 2.83. The van der Waals surface area contributed by atoms with E-state index in [1.165, 1.54) is 11.1 Å². The highest BCUT2D eigenvalue weighted by atomic mass is 16.5. The smallest absolute Gasteiger partial charge is 0.0710 e. The first-order valence-electron chi connectivity index (χ1n) is 7.74. The molecule has 0 amide bonds. The number of nitrogens with zero attached hydrogens (tertiary/aromatic N) is 1. The maximum absolute atomic E-state index is 5.45. The molecular formula is C17H28N2O. The Kier molecular flexibility index (Phi) is 6.02. The molecule has 0 bridgehead atoms. The van der Waals surface area contributed by atoms with E-state index >= 15 is 0 Å².